The van der Waals surface area contributed by atoms with E-state index >= 15 is 0 Å². The van der Waals surface area contributed by atoms with Gasteiger partial charge in [0.25, 0.3) is 5.91 Å². The predicted molar refractivity (Wildman–Crippen MR) is 92.2 cm³/mol. The van der Waals surface area contributed by atoms with E-state index in [1.807, 2.05) is 0 Å². The number of aryl methyl sites for hydroxylation is 1. The minimum Gasteiger partial charge on any atom is -0.376 e. The quantitative estimate of drug-likeness (QED) is 0.678. The van der Waals surface area contributed by atoms with Crippen LogP contribution >= 0.6 is 0 Å². The summed E-state index contributed by atoms with van der Waals surface area (Å²) in [6, 6.07) is 5.49. The highest BCUT2D eigenvalue weighted by Gasteiger charge is 2.18. The molecule has 0 saturated carbocycles. The SMILES string of the molecule is Cc1cc(/C=N\NC(=O)c2cccnc2)c(C)n1C[C@@H]1CCCO1. The minimum absolute atomic E-state index is 0.271. The third-order valence-corrected chi connectivity index (χ3v) is 4.32. The van der Waals surface area contributed by atoms with Gasteiger partial charge in [-0.25, -0.2) is 5.43 Å². The smallest absolute Gasteiger partial charge is 0.272 e. The number of rotatable bonds is 5. The molecule has 0 unspecified atom stereocenters. The van der Waals surface area contributed by atoms with Crippen LogP contribution in [0.25, 0.3) is 0 Å². The lowest BCUT2D eigenvalue weighted by Gasteiger charge is -2.14. The number of nitrogens with zero attached hydrogens (tertiary/aromatic N) is 3. The van der Waals surface area contributed by atoms with Crippen LogP contribution in [0.15, 0.2) is 35.7 Å². The molecule has 2 aromatic rings. The lowest BCUT2D eigenvalue weighted by Crippen LogP contribution is -2.18. The molecule has 126 valence electrons. The Morgan fingerprint density at radius 3 is 3.12 bits per heavy atom. The molecule has 0 aliphatic carbocycles. The van der Waals surface area contributed by atoms with Crippen LogP contribution in [0.1, 0.15) is 40.2 Å². The van der Waals surface area contributed by atoms with Crippen LogP contribution in [-0.2, 0) is 11.3 Å². The highest BCUT2D eigenvalue weighted by atomic mass is 16.5. The maximum absolute atomic E-state index is 11.9. The molecule has 2 aromatic heterocycles. The molecule has 0 aromatic carbocycles. The van der Waals surface area contributed by atoms with E-state index in [1.165, 1.54) is 11.9 Å². The van der Waals surface area contributed by atoms with Gasteiger partial charge in [0.05, 0.1) is 17.9 Å². The fourth-order valence-corrected chi connectivity index (χ4v) is 2.95. The lowest BCUT2D eigenvalue weighted by atomic mass is 10.2. The van der Waals surface area contributed by atoms with Gasteiger partial charge in [0, 0.05) is 42.5 Å². The van der Waals surface area contributed by atoms with E-state index in [4.69, 9.17) is 4.74 Å². The molecule has 0 spiro atoms. The molecule has 0 bridgehead atoms. The van der Waals surface area contributed by atoms with Gasteiger partial charge in [-0.05, 0) is 44.9 Å². The molecule has 1 N–H and O–H groups in total. The van der Waals surface area contributed by atoms with Crippen LogP contribution in [0.5, 0.6) is 0 Å². The number of aromatic nitrogens is 2. The first-order valence-corrected chi connectivity index (χ1v) is 8.17. The third-order valence-electron chi connectivity index (χ3n) is 4.32. The summed E-state index contributed by atoms with van der Waals surface area (Å²) in [7, 11) is 0. The number of nitrogens with one attached hydrogen (secondary N) is 1. The van der Waals surface area contributed by atoms with Crippen molar-refractivity contribution in [2.45, 2.75) is 39.3 Å². The van der Waals surface area contributed by atoms with Crippen molar-refractivity contribution in [3.05, 3.63) is 53.1 Å². The largest absolute Gasteiger partial charge is 0.376 e. The van der Waals surface area contributed by atoms with Gasteiger partial charge in [-0.1, -0.05) is 0 Å². The van der Waals surface area contributed by atoms with E-state index in [0.717, 1.165) is 37.3 Å². The van der Waals surface area contributed by atoms with Crippen LogP contribution in [0.2, 0.25) is 0 Å². The van der Waals surface area contributed by atoms with Crippen LogP contribution in [0.4, 0.5) is 0 Å². The molecule has 1 atom stereocenters. The van der Waals surface area contributed by atoms with E-state index < -0.39 is 0 Å². The zero-order valence-electron chi connectivity index (χ0n) is 14.0. The summed E-state index contributed by atoms with van der Waals surface area (Å²) >= 11 is 0. The normalized spacial score (nSPS) is 17.5. The summed E-state index contributed by atoms with van der Waals surface area (Å²) in [5.74, 6) is -0.271. The van der Waals surface area contributed by atoms with Crippen molar-refractivity contribution in [2.24, 2.45) is 5.10 Å². The highest BCUT2D eigenvalue weighted by Crippen LogP contribution is 2.19. The van der Waals surface area contributed by atoms with Crippen molar-refractivity contribution in [3.8, 4) is 0 Å². The molecule has 1 fully saturated rings. The van der Waals surface area contributed by atoms with Crippen molar-refractivity contribution < 1.29 is 9.53 Å². The van der Waals surface area contributed by atoms with E-state index in [1.54, 1.807) is 24.5 Å². The predicted octanol–water partition coefficient (Wildman–Crippen LogP) is 2.44. The topological polar surface area (TPSA) is 68.5 Å². The molecule has 1 aliphatic rings. The van der Waals surface area contributed by atoms with Gasteiger partial charge >= 0.3 is 0 Å². The Morgan fingerprint density at radius 1 is 1.54 bits per heavy atom. The zero-order chi connectivity index (χ0) is 16.9. The number of hydrogen-bond acceptors (Lipinski definition) is 4. The summed E-state index contributed by atoms with van der Waals surface area (Å²) in [5, 5.41) is 4.07. The number of ether oxygens (including phenoxy) is 1. The molecule has 24 heavy (non-hydrogen) atoms. The summed E-state index contributed by atoms with van der Waals surface area (Å²) < 4.78 is 7.97. The fraction of sp³-hybridized carbons (Fsp3) is 0.389. The lowest BCUT2D eigenvalue weighted by molar-refractivity contribution is 0.0954. The van der Waals surface area contributed by atoms with E-state index in [2.05, 4.69) is 40.0 Å². The Bertz CT molecular complexity index is 731. The van der Waals surface area contributed by atoms with Gasteiger partial charge in [0.2, 0.25) is 0 Å². The first-order chi connectivity index (χ1) is 11.6. The first kappa shape index (κ1) is 16.4. The average molecular weight is 326 g/mol. The zero-order valence-corrected chi connectivity index (χ0v) is 14.0. The third kappa shape index (κ3) is 3.71. The Hall–Kier alpha value is -2.47. The second kappa shape index (κ2) is 7.40. The van der Waals surface area contributed by atoms with Crippen molar-refractivity contribution in [3.63, 3.8) is 0 Å². The van der Waals surface area contributed by atoms with Gasteiger partial charge < -0.3 is 9.30 Å². The van der Waals surface area contributed by atoms with Gasteiger partial charge in [-0.3, -0.25) is 9.78 Å². The second-order valence-corrected chi connectivity index (χ2v) is 6.01. The van der Waals surface area contributed by atoms with Gasteiger partial charge in [0.1, 0.15) is 0 Å². The summed E-state index contributed by atoms with van der Waals surface area (Å²) in [6.45, 7) is 5.87. The second-order valence-electron chi connectivity index (χ2n) is 6.01. The number of pyridine rings is 1. The van der Waals surface area contributed by atoms with E-state index in [9.17, 15) is 4.79 Å². The molecule has 3 rings (SSSR count). The van der Waals surface area contributed by atoms with Crippen molar-refractivity contribution in [2.75, 3.05) is 6.61 Å². The summed E-state index contributed by atoms with van der Waals surface area (Å²) in [4.78, 5) is 15.9. The summed E-state index contributed by atoms with van der Waals surface area (Å²) in [5.41, 5.74) is 6.31. The van der Waals surface area contributed by atoms with Crippen molar-refractivity contribution in [1.82, 2.24) is 15.0 Å². The number of carbonyl (C=O) groups is 1. The number of amides is 1. The van der Waals surface area contributed by atoms with E-state index in [0.29, 0.717) is 11.7 Å². The van der Waals surface area contributed by atoms with Crippen LogP contribution in [0, 0.1) is 13.8 Å². The summed E-state index contributed by atoms with van der Waals surface area (Å²) in [6.07, 6.45) is 7.37. The van der Waals surface area contributed by atoms with Crippen LogP contribution in [0.3, 0.4) is 0 Å². The standard InChI is InChI=1S/C18H22N4O2/c1-13-9-16(14(2)22(13)12-17-6-4-8-24-17)11-20-21-18(23)15-5-3-7-19-10-15/h3,5,7,9-11,17H,4,6,8,12H2,1-2H3,(H,21,23)/b20-11-/t17-/m0/s1. The van der Waals surface area contributed by atoms with Gasteiger partial charge in [0.15, 0.2) is 0 Å². The number of carbonyl (C=O) groups excluding carboxylic acids is 1. The molecule has 1 saturated heterocycles. The van der Waals surface area contributed by atoms with Crippen LogP contribution < -0.4 is 5.43 Å². The first-order valence-electron chi connectivity index (χ1n) is 8.17. The molecule has 1 amide bonds. The molecular weight excluding hydrogens is 304 g/mol. The highest BCUT2D eigenvalue weighted by molar-refractivity contribution is 5.94. The Kier molecular flexibility index (Phi) is 5.05. The molecule has 1 aliphatic heterocycles. The maximum Gasteiger partial charge on any atom is 0.272 e. The Balaban J connectivity index is 1.65. The molecule has 0 radical (unpaired) electrons. The van der Waals surface area contributed by atoms with Crippen molar-refractivity contribution >= 4 is 12.1 Å². The molecular formula is C18H22N4O2. The van der Waals surface area contributed by atoms with Crippen molar-refractivity contribution in [1.29, 1.82) is 0 Å². The average Bonchev–Trinajstić information content (AvgIpc) is 3.20. The van der Waals surface area contributed by atoms with Gasteiger partial charge in [-0.2, -0.15) is 5.10 Å². The molecule has 3 heterocycles. The van der Waals surface area contributed by atoms with E-state index in [-0.39, 0.29) is 5.91 Å². The minimum atomic E-state index is -0.271. The van der Waals surface area contributed by atoms with Gasteiger partial charge in [-0.15, -0.1) is 0 Å². The fourth-order valence-electron chi connectivity index (χ4n) is 2.95. The Labute approximate surface area is 141 Å². The maximum atomic E-state index is 11.9. The molecule has 6 heteroatoms. The number of hydrogen-bond donors (Lipinski definition) is 1. The van der Waals surface area contributed by atoms with Crippen LogP contribution in [-0.4, -0.2) is 34.4 Å². The molecule has 6 nitrogen and oxygen atoms in total. The number of hydrazone groups is 1. The Morgan fingerprint density at radius 2 is 2.42 bits per heavy atom. The monoisotopic (exact) mass is 326 g/mol.